The number of para-hydroxylation sites is 1. The number of hydrogen-bond donors (Lipinski definition) is 1. The molecule has 0 spiro atoms. The Kier molecular flexibility index (Phi) is 5.93. The summed E-state index contributed by atoms with van der Waals surface area (Å²) in [5.41, 5.74) is 4.26. The maximum absolute atomic E-state index is 4.81. The van der Waals surface area contributed by atoms with E-state index >= 15 is 0 Å². The van der Waals surface area contributed by atoms with E-state index in [-0.39, 0.29) is 0 Å². The molecule has 2 heterocycles. The standard InChI is InChI=1S/C20H25N5/c1-3-24(2)13-12-22-15-18-16-25(19-9-5-4-6-10-19)23-20(18)17-8-7-11-21-14-17/h4-11,14,16,22H,3,12-13,15H2,1-2H3. The number of likely N-dealkylation sites (N-methyl/N-ethyl adjacent to an activating group) is 1. The zero-order chi connectivity index (χ0) is 17.5. The number of hydrogen-bond acceptors (Lipinski definition) is 4. The summed E-state index contributed by atoms with van der Waals surface area (Å²) in [6.45, 7) is 6.01. The van der Waals surface area contributed by atoms with Crippen LogP contribution in [0, 0.1) is 0 Å². The third-order valence-corrected chi connectivity index (χ3v) is 4.27. The van der Waals surface area contributed by atoms with E-state index in [2.05, 4.69) is 53.6 Å². The van der Waals surface area contributed by atoms with Crippen molar-refractivity contribution in [3.05, 3.63) is 66.6 Å². The van der Waals surface area contributed by atoms with Crippen molar-refractivity contribution in [2.45, 2.75) is 13.5 Å². The Bertz CT molecular complexity index is 767. The Morgan fingerprint density at radius 2 is 1.96 bits per heavy atom. The van der Waals surface area contributed by atoms with Crippen LogP contribution in [0.5, 0.6) is 0 Å². The molecule has 0 saturated carbocycles. The van der Waals surface area contributed by atoms with Crippen molar-refractivity contribution < 1.29 is 0 Å². The average molecular weight is 335 g/mol. The highest BCUT2D eigenvalue weighted by Crippen LogP contribution is 2.22. The van der Waals surface area contributed by atoms with Crippen LogP contribution >= 0.6 is 0 Å². The smallest absolute Gasteiger partial charge is 0.0988 e. The molecule has 1 N–H and O–H groups in total. The van der Waals surface area contributed by atoms with Gasteiger partial charge in [0.1, 0.15) is 0 Å². The van der Waals surface area contributed by atoms with Crippen molar-refractivity contribution in [2.24, 2.45) is 0 Å². The summed E-state index contributed by atoms with van der Waals surface area (Å²) in [6.07, 6.45) is 5.76. The molecule has 0 atom stereocenters. The summed E-state index contributed by atoms with van der Waals surface area (Å²) >= 11 is 0. The van der Waals surface area contributed by atoms with Gasteiger partial charge in [-0.3, -0.25) is 4.98 Å². The van der Waals surface area contributed by atoms with Crippen molar-refractivity contribution in [3.8, 4) is 16.9 Å². The molecule has 0 saturated heterocycles. The molecule has 0 radical (unpaired) electrons. The Hall–Kier alpha value is -2.50. The van der Waals surface area contributed by atoms with Gasteiger partial charge in [0.2, 0.25) is 0 Å². The van der Waals surface area contributed by atoms with Gasteiger partial charge < -0.3 is 10.2 Å². The molecular weight excluding hydrogens is 310 g/mol. The van der Waals surface area contributed by atoms with Crippen LogP contribution in [0.15, 0.2) is 61.1 Å². The first-order chi connectivity index (χ1) is 12.3. The van der Waals surface area contributed by atoms with Gasteiger partial charge in [0.05, 0.1) is 11.4 Å². The zero-order valence-corrected chi connectivity index (χ0v) is 14.9. The van der Waals surface area contributed by atoms with Crippen molar-refractivity contribution in [2.75, 3.05) is 26.7 Å². The summed E-state index contributed by atoms with van der Waals surface area (Å²) in [7, 11) is 2.14. The van der Waals surface area contributed by atoms with Crippen LogP contribution in [0.1, 0.15) is 12.5 Å². The van der Waals surface area contributed by atoms with Crippen molar-refractivity contribution >= 4 is 0 Å². The monoisotopic (exact) mass is 335 g/mol. The third kappa shape index (κ3) is 4.53. The van der Waals surface area contributed by atoms with E-state index in [1.54, 1.807) is 6.20 Å². The van der Waals surface area contributed by atoms with E-state index in [1.165, 1.54) is 5.56 Å². The largest absolute Gasteiger partial charge is 0.311 e. The van der Waals surface area contributed by atoms with Gasteiger partial charge in [-0.1, -0.05) is 25.1 Å². The Labute approximate surface area is 149 Å². The van der Waals surface area contributed by atoms with Gasteiger partial charge in [-0.25, -0.2) is 4.68 Å². The molecule has 0 fully saturated rings. The molecule has 0 bridgehead atoms. The van der Waals surface area contributed by atoms with Gasteiger partial charge in [0.15, 0.2) is 0 Å². The van der Waals surface area contributed by atoms with Crippen LogP contribution in [0.25, 0.3) is 16.9 Å². The first kappa shape index (κ1) is 17.3. The topological polar surface area (TPSA) is 46.0 Å². The zero-order valence-electron chi connectivity index (χ0n) is 14.9. The summed E-state index contributed by atoms with van der Waals surface area (Å²) in [6, 6.07) is 14.2. The molecule has 25 heavy (non-hydrogen) atoms. The molecule has 3 rings (SSSR count). The van der Waals surface area contributed by atoms with Crippen LogP contribution < -0.4 is 5.32 Å². The number of nitrogens with zero attached hydrogens (tertiary/aromatic N) is 4. The molecule has 130 valence electrons. The predicted octanol–water partition coefficient (Wildman–Crippen LogP) is 2.98. The summed E-state index contributed by atoms with van der Waals surface area (Å²) in [5.74, 6) is 0. The van der Waals surface area contributed by atoms with Crippen LogP contribution in [-0.4, -0.2) is 46.3 Å². The van der Waals surface area contributed by atoms with Crippen molar-refractivity contribution in [3.63, 3.8) is 0 Å². The highest BCUT2D eigenvalue weighted by atomic mass is 15.3. The fraction of sp³-hybridized carbons (Fsp3) is 0.300. The second-order valence-corrected chi connectivity index (χ2v) is 6.10. The molecular formula is C20H25N5. The van der Waals surface area contributed by atoms with Gasteiger partial charge >= 0.3 is 0 Å². The highest BCUT2D eigenvalue weighted by molar-refractivity contribution is 5.62. The van der Waals surface area contributed by atoms with E-state index in [4.69, 9.17) is 5.10 Å². The van der Waals surface area contributed by atoms with Gasteiger partial charge in [0, 0.05) is 49.4 Å². The van der Waals surface area contributed by atoms with E-state index in [9.17, 15) is 0 Å². The molecule has 0 aliphatic heterocycles. The number of pyridine rings is 1. The quantitative estimate of drug-likeness (QED) is 0.643. The minimum atomic E-state index is 0.786. The van der Waals surface area contributed by atoms with Crippen LogP contribution in [0.2, 0.25) is 0 Å². The van der Waals surface area contributed by atoms with Gasteiger partial charge in [-0.15, -0.1) is 0 Å². The Morgan fingerprint density at radius 1 is 1.12 bits per heavy atom. The predicted molar refractivity (Wildman–Crippen MR) is 102 cm³/mol. The number of nitrogens with one attached hydrogen (secondary N) is 1. The highest BCUT2D eigenvalue weighted by Gasteiger charge is 2.12. The lowest BCUT2D eigenvalue weighted by atomic mass is 10.1. The average Bonchev–Trinajstić information content (AvgIpc) is 3.10. The van der Waals surface area contributed by atoms with Crippen molar-refractivity contribution in [1.82, 2.24) is 25.0 Å². The summed E-state index contributed by atoms with van der Waals surface area (Å²) in [4.78, 5) is 6.53. The van der Waals surface area contributed by atoms with Crippen LogP contribution in [-0.2, 0) is 6.54 Å². The number of benzene rings is 1. The minimum Gasteiger partial charge on any atom is -0.311 e. The SMILES string of the molecule is CCN(C)CCNCc1cn(-c2ccccc2)nc1-c1cccnc1. The van der Waals surface area contributed by atoms with Crippen LogP contribution in [0.3, 0.4) is 0 Å². The molecule has 3 aromatic rings. The molecule has 5 heteroatoms. The van der Waals surface area contributed by atoms with E-state index < -0.39 is 0 Å². The first-order valence-corrected chi connectivity index (χ1v) is 8.71. The lowest BCUT2D eigenvalue weighted by molar-refractivity contribution is 0.349. The Morgan fingerprint density at radius 3 is 2.68 bits per heavy atom. The van der Waals surface area contributed by atoms with E-state index in [1.807, 2.05) is 35.1 Å². The third-order valence-electron chi connectivity index (χ3n) is 4.27. The van der Waals surface area contributed by atoms with Gasteiger partial charge in [-0.2, -0.15) is 5.10 Å². The maximum Gasteiger partial charge on any atom is 0.0988 e. The fourth-order valence-electron chi connectivity index (χ4n) is 2.65. The lowest BCUT2D eigenvalue weighted by Gasteiger charge is -2.13. The summed E-state index contributed by atoms with van der Waals surface area (Å²) in [5, 5.41) is 8.33. The molecule has 1 aromatic carbocycles. The summed E-state index contributed by atoms with van der Waals surface area (Å²) < 4.78 is 1.94. The second-order valence-electron chi connectivity index (χ2n) is 6.10. The van der Waals surface area contributed by atoms with Crippen molar-refractivity contribution in [1.29, 1.82) is 0 Å². The Balaban J connectivity index is 1.81. The fourth-order valence-corrected chi connectivity index (χ4v) is 2.65. The second kappa shape index (κ2) is 8.55. The number of rotatable bonds is 8. The molecule has 0 aliphatic carbocycles. The van der Waals surface area contributed by atoms with E-state index in [0.29, 0.717) is 0 Å². The first-order valence-electron chi connectivity index (χ1n) is 8.71. The minimum absolute atomic E-state index is 0.786. The number of aromatic nitrogens is 3. The molecule has 0 amide bonds. The molecule has 2 aromatic heterocycles. The van der Waals surface area contributed by atoms with Gasteiger partial charge in [0.25, 0.3) is 0 Å². The normalized spacial score (nSPS) is 11.2. The molecule has 0 aliphatic rings. The van der Waals surface area contributed by atoms with Gasteiger partial charge in [-0.05, 0) is 37.9 Å². The lowest BCUT2D eigenvalue weighted by Crippen LogP contribution is -2.28. The maximum atomic E-state index is 4.81. The molecule has 5 nitrogen and oxygen atoms in total. The molecule has 0 unspecified atom stereocenters. The van der Waals surface area contributed by atoms with E-state index in [0.717, 1.165) is 43.1 Å². The van der Waals surface area contributed by atoms with Crippen LogP contribution in [0.4, 0.5) is 0 Å².